The van der Waals surface area contributed by atoms with Crippen molar-refractivity contribution in [2.75, 3.05) is 6.61 Å². The second-order valence-electron chi connectivity index (χ2n) is 6.67. The number of rotatable bonds is 6. The second-order valence-corrected chi connectivity index (χ2v) is 7.81. The molecule has 2 N–H and O–H groups in total. The highest BCUT2D eigenvalue weighted by molar-refractivity contribution is 8.00. The Bertz CT molecular complexity index is 1120. The number of hydrogen-bond acceptors (Lipinski definition) is 5. The van der Waals surface area contributed by atoms with Crippen LogP contribution in [0.1, 0.15) is 34.0 Å². The predicted molar refractivity (Wildman–Crippen MR) is 101 cm³/mol. The zero-order valence-corrected chi connectivity index (χ0v) is 17.0. The van der Waals surface area contributed by atoms with Gasteiger partial charge in [-0.2, -0.15) is 36.9 Å². The molecule has 0 heterocycles. The molecule has 1 atom stereocenters. The number of benzene rings is 2. The molecule has 0 spiro atoms. The summed E-state index contributed by atoms with van der Waals surface area (Å²) in [5, 5.41) is 18.6. The van der Waals surface area contributed by atoms with Crippen LogP contribution >= 0.6 is 11.8 Å². The molecule has 2 aromatic rings. The van der Waals surface area contributed by atoms with Crippen molar-refractivity contribution < 1.29 is 35.9 Å². The van der Waals surface area contributed by atoms with E-state index in [1.54, 1.807) is 12.1 Å². The molecule has 0 aromatic heterocycles. The van der Waals surface area contributed by atoms with Crippen molar-refractivity contribution in [2.24, 2.45) is 5.73 Å². The molecule has 0 saturated heterocycles. The number of nitriles is 2. The van der Waals surface area contributed by atoms with Crippen LogP contribution in [0, 0.1) is 22.7 Å². The minimum absolute atomic E-state index is 0.145. The number of halogens is 6. The van der Waals surface area contributed by atoms with Crippen LogP contribution < -0.4 is 10.5 Å². The van der Waals surface area contributed by atoms with Gasteiger partial charge in [0.1, 0.15) is 17.8 Å². The monoisotopic (exact) mass is 473 g/mol. The molecule has 0 fully saturated rings. The summed E-state index contributed by atoms with van der Waals surface area (Å²) in [5.74, 6) is -1.80. The van der Waals surface area contributed by atoms with Gasteiger partial charge >= 0.3 is 11.7 Å². The Morgan fingerprint density at radius 2 is 1.72 bits per heavy atom. The van der Waals surface area contributed by atoms with Crippen LogP contribution in [0.4, 0.5) is 26.3 Å². The first-order valence-corrected chi connectivity index (χ1v) is 9.37. The molecule has 0 aliphatic rings. The van der Waals surface area contributed by atoms with E-state index in [4.69, 9.17) is 15.7 Å². The van der Waals surface area contributed by atoms with Crippen LogP contribution in [0.5, 0.6) is 5.75 Å². The van der Waals surface area contributed by atoms with Gasteiger partial charge in [-0.1, -0.05) is 0 Å². The average molecular weight is 473 g/mol. The molecule has 2 rings (SSSR count). The lowest BCUT2D eigenvalue weighted by Crippen LogP contribution is -2.32. The smallest absolute Gasteiger partial charge is 0.446 e. The number of carbonyl (C=O) groups is 1. The van der Waals surface area contributed by atoms with Gasteiger partial charge in [0, 0.05) is 10.5 Å². The van der Waals surface area contributed by atoms with Crippen LogP contribution in [-0.4, -0.2) is 18.0 Å². The van der Waals surface area contributed by atoms with E-state index in [2.05, 4.69) is 0 Å². The topological polar surface area (TPSA) is 99.9 Å². The Hall–Kier alpha value is -3.38. The van der Waals surface area contributed by atoms with Crippen molar-refractivity contribution >= 4 is 17.7 Å². The molecule has 0 unspecified atom stereocenters. The van der Waals surface area contributed by atoms with Crippen LogP contribution in [0.3, 0.4) is 0 Å². The number of hydrogen-bond donors (Lipinski definition) is 1. The van der Waals surface area contributed by atoms with Crippen LogP contribution in [0.25, 0.3) is 0 Å². The van der Waals surface area contributed by atoms with Crippen molar-refractivity contribution in [3.05, 3.63) is 58.7 Å². The van der Waals surface area contributed by atoms with Gasteiger partial charge in [0.05, 0.1) is 23.3 Å². The highest BCUT2D eigenvalue weighted by Crippen LogP contribution is 2.40. The number of nitrogens with two attached hydrogens (primary N) is 1. The molecular weight excluding hydrogens is 460 g/mol. The first-order chi connectivity index (χ1) is 14.7. The molecule has 0 aliphatic heterocycles. The molecule has 2 aromatic carbocycles. The number of carbonyl (C=O) groups excluding carboxylic acids is 1. The van der Waals surface area contributed by atoms with E-state index in [-0.39, 0.29) is 21.6 Å². The van der Waals surface area contributed by atoms with Gasteiger partial charge in [-0.05, 0) is 60.6 Å². The maximum absolute atomic E-state index is 13.3. The fourth-order valence-corrected chi connectivity index (χ4v) is 3.31. The average Bonchev–Trinajstić information content (AvgIpc) is 2.69. The van der Waals surface area contributed by atoms with E-state index < -0.39 is 52.7 Å². The van der Waals surface area contributed by atoms with E-state index in [0.717, 1.165) is 30.3 Å². The summed E-state index contributed by atoms with van der Waals surface area (Å²) in [6, 6.07) is 8.72. The molecule has 5 nitrogen and oxygen atoms in total. The minimum Gasteiger partial charge on any atom is -0.491 e. The summed E-state index contributed by atoms with van der Waals surface area (Å²) in [6.07, 6.45) is -4.84. The molecule has 0 bridgehead atoms. The van der Waals surface area contributed by atoms with E-state index in [1.165, 1.54) is 6.92 Å². The Kier molecular flexibility index (Phi) is 7.00. The van der Waals surface area contributed by atoms with Crippen molar-refractivity contribution in [3.63, 3.8) is 0 Å². The van der Waals surface area contributed by atoms with Crippen LogP contribution in [0.15, 0.2) is 41.3 Å². The fourth-order valence-electron chi connectivity index (χ4n) is 2.73. The highest BCUT2D eigenvalue weighted by atomic mass is 32.2. The first-order valence-electron chi connectivity index (χ1n) is 8.55. The molecular formula is C20H13F6N3O2S. The lowest BCUT2D eigenvalue weighted by molar-refractivity contribution is -0.139. The SMILES string of the molecule is C[C@](C#N)(COc1cc(C#N)ccc1C(F)(F)F)c1cc(SC(F)(F)F)ccc1C(N)=O. The van der Waals surface area contributed by atoms with Crippen molar-refractivity contribution in [3.8, 4) is 17.9 Å². The van der Waals surface area contributed by atoms with Gasteiger partial charge in [-0.3, -0.25) is 4.79 Å². The maximum Gasteiger partial charge on any atom is 0.446 e. The van der Waals surface area contributed by atoms with E-state index in [0.29, 0.717) is 6.07 Å². The summed E-state index contributed by atoms with van der Waals surface area (Å²) in [4.78, 5) is 11.4. The number of ether oxygens (including phenoxy) is 1. The summed E-state index contributed by atoms with van der Waals surface area (Å²) in [6.45, 7) is 0.403. The van der Waals surface area contributed by atoms with Crippen molar-refractivity contribution in [1.29, 1.82) is 10.5 Å². The number of nitrogens with zero attached hydrogens (tertiary/aromatic N) is 2. The third kappa shape index (κ3) is 5.86. The fraction of sp³-hybridized carbons (Fsp3) is 0.250. The summed E-state index contributed by atoms with van der Waals surface area (Å²) in [7, 11) is 0. The first kappa shape index (κ1) is 24.9. The Morgan fingerprint density at radius 1 is 1.06 bits per heavy atom. The molecule has 32 heavy (non-hydrogen) atoms. The van der Waals surface area contributed by atoms with Gasteiger partial charge in [0.2, 0.25) is 5.91 Å². The maximum atomic E-state index is 13.3. The lowest BCUT2D eigenvalue weighted by Gasteiger charge is -2.26. The summed E-state index contributed by atoms with van der Waals surface area (Å²) in [5.41, 5.74) is -3.15. The van der Waals surface area contributed by atoms with Crippen molar-refractivity contribution in [1.82, 2.24) is 0 Å². The van der Waals surface area contributed by atoms with E-state index in [1.807, 2.05) is 0 Å². The van der Waals surface area contributed by atoms with Crippen LogP contribution in [0.2, 0.25) is 0 Å². The number of thioether (sulfide) groups is 1. The zero-order chi connectivity index (χ0) is 24.3. The molecule has 0 radical (unpaired) electrons. The largest absolute Gasteiger partial charge is 0.491 e. The molecule has 0 aliphatic carbocycles. The molecule has 168 valence electrons. The second kappa shape index (κ2) is 9.01. The Balaban J connectivity index is 2.52. The Labute approximate surface area is 182 Å². The third-order valence-electron chi connectivity index (χ3n) is 4.26. The van der Waals surface area contributed by atoms with Crippen LogP contribution in [-0.2, 0) is 11.6 Å². The standard InChI is InChI=1S/C20H13F6N3O2S/c1-18(9-28,10-31-16-6-11(8-27)2-5-14(16)19(21,22)23)15-7-12(32-20(24,25)26)3-4-13(15)17(29)30/h2-7H,10H2,1H3,(H2,29,30)/t18-/m0/s1. The number of amides is 1. The summed E-state index contributed by atoms with van der Waals surface area (Å²) >= 11 is -0.500. The highest BCUT2D eigenvalue weighted by Gasteiger charge is 2.37. The molecule has 1 amide bonds. The number of alkyl halides is 6. The predicted octanol–water partition coefficient (Wildman–Crippen LogP) is 5.15. The van der Waals surface area contributed by atoms with Gasteiger partial charge < -0.3 is 10.5 Å². The van der Waals surface area contributed by atoms with Crippen molar-refractivity contribution in [2.45, 2.75) is 28.9 Å². The molecule has 12 heteroatoms. The zero-order valence-electron chi connectivity index (χ0n) is 16.1. The molecule has 0 saturated carbocycles. The third-order valence-corrected chi connectivity index (χ3v) is 4.98. The number of primary amides is 1. The van der Waals surface area contributed by atoms with Gasteiger partial charge in [0.25, 0.3) is 0 Å². The lowest BCUT2D eigenvalue weighted by atomic mass is 9.81. The van der Waals surface area contributed by atoms with Gasteiger partial charge in [0.15, 0.2) is 0 Å². The Morgan fingerprint density at radius 3 is 2.22 bits per heavy atom. The normalized spacial score (nSPS) is 13.5. The van der Waals surface area contributed by atoms with E-state index >= 15 is 0 Å². The minimum atomic E-state index is -4.84. The van der Waals surface area contributed by atoms with Gasteiger partial charge in [-0.25, -0.2) is 0 Å². The quantitative estimate of drug-likeness (QED) is 0.462. The summed E-state index contributed by atoms with van der Waals surface area (Å²) < 4.78 is 83.4. The van der Waals surface area contributed by atoms with E-state index in [9.17, 15) is 36.4 Å². The van der Waals surface area contributed by atoms with Gasteiger partial charge in [-0.15, -0.1) is 0 Å².